The summed E-state index contributed by atoms with van der Waals surface area (Å²) in [6.07, 6.45) is 0. The quantitative estimate of drug-likeness (QED) is 0.529. The van der Waals surface area contributed by atoms with Gasteiger partial charge in [-0.2, -0.15) is 0 Å². The Balaban J connectivity index is 3.64. The predicted octanol–water partition coefficient (Wildman–Crippen LogP) is 2.04. The Morgan fingerprint density at radius 3 is 1.75 bits per heavy atom. The molecule has 0 heterocycles. The molecular weight excluding hydrogens is 124 g/mol. The zero-order valence-corrected chi connectivity index (χ0v) is 6.20. The summed E-state index contributed by atoms with van der Waals surface area (Å²) < 4.78 is 0. The summed E-state index contributed by atoms with van der Waals surface area (Å²) in [5, 5.41) is -0.236. The average molecular weight is 135 g/mol. The van der Waals surface area contributed by atoms with Crippen LogP contribution in [0.2, 0.25) is 0 Å². The molecule has 0 aromatic carbocycles. The van der Waals surface area contributed by atoms with Crippen molar-refractivity contribution in [2.75, 3.05) is 0 Å². The summed E-state index contributed by atoms with van der Waals surface area (Å²) in [6.45, 7) is 5.79. The predicted molar refractivity (Wildman–Crippen MR) is 34.9 cm³/mol. The molecule has 0 rings (SSSR count). The minimum Gasteiger partial charge on any atom is -0.281 e. The highest BCUT2D eigenvalue weighted by molar-refractivity contribution is 6.63. The van der Waals surface area contributed by atoms with Gasteiger partial charge in [-0.1, -0.05) is 20.8 Å². The van der Waals surface area contributed by atoms with Crippen LogP contribution in [-0.2, 0) is 4.79 Å². The molecule has 0 aliphatic carbocycles. The normalized spacial score (nSPS) is 14.1. The van der Waals surface area contributed by atoms with E-state index in [4.69, 9.17) is 11.6 Å². The number of rotatable bonds is 2. The van der Waals surface area contributed by atoms with E-state index in [1.165, 1.54) is 0 Å². The molecule has 0 aliphatic rings. The molecule has 0 fully saturated rings. The highest BCUT2D eigenvalue weighted by Gasteiger charge is 2.12. The van der Waals surface area contributed by atoms with Crippen molar-refractivity contribution in [1.82, 2.24) is 0 Å². The third kappa shape index (κ3) is 2.31. The van der Waals surface area contributed by atoms with E-state index in [0.717, 1.165) is 0 Å². The SMILES string of the molecule is CC(C)[C@@H](C)C(=O)Cl. The molecule has 1 atom stereocenters. The molecule has 0 radical (unpaired) electrons. The van der Waals surface area contributed by atoms with E-state index in [-0.39, 0.29) is 11.2 Å². The monoisotopic (exact) mass is 134 g/mol. The number of hydrogen-bond donors (Lipinski definition) is 0. The van der Waals surface area contributed by atoms with Crippen LogP contribution in [0.3, 0.4) is 0 Å². The van der Waals surface area contributed by atoms with Crippen molar-refractivity contribution in [2.24, 2.45) is 11.8 Å². The third-order valence-corrected chi connectivity index (χ3v) is 1.70. The van der Waals surface area contributed by atoms with Crippen LogP contribution in [0.25, 0.3) is 0 Å². The van der Waals surface area contributed by atoms with E-state index in [2.05, 4.69) is 0 Å². The van der Waals surface area contributed by atoms with Gasteiger partial charge in [0, 0.05) is 5.92 Å². The van der Waals surface area contributed by atoms with Gasteiger partial charge in [-0.05, 0) is 17.5 Å². The molecule has 0 bridgehead atoms. The fourth-order valence-corrected chi connectivity index (χ4v) is 0.514. The number of carbonyl (C=O) groups excluding carboxylic acids is 1. The molecule has 1 nitrogen and oxygen atoms in total. The summed E-state index contributed by atoms with van der Waals surface area (Å²) >= 11 is 5.18. The van der Waals surface area contributed by atoms with Crippen molar-refractivity contribution >= 4 is 16.8 Å². The zero-order chi connectivity index (χ0) is 6.73. The molecule has 8 heavy (non-hydrogen) atoms. The van der Waals surface area contributed by atoms with Crippen molar-refractivity contribution in [3.05, 3.63) is 0 Å². The Kier molecular flexibility index (Phi) is 3.06. The van der Waals surface area contributed by atoms with Crippen molar-refractivity contribution in [3.63, 3.8) is 0 Å². The fraction of sp³-hybridized carbons (Fsp3) is 0.833. The van der Waals surface area contributed by atoms with E-state index >= 15 is 0 Å². The fourth-order valence-electron chi connectivity index (χ4n) is 0.262. The maximum absolute atomic E-state index is 10.4. The molecule has 0 saturated carbocycles. The number of halogens is 1. The minimum atomic E-state index is -0.236. The molecule has 0 saturated heterocycles. The molecule has 0 aromatic rings. The van der Waals surface area contributed by atoms with E-state index in [1.54, 1.807) is 0 Å². The van der Waals surface area contributed by atoms with Crippen LogP contribution in [0.15, 0.2) is 0 Å². The van der Waals surface area contributed by atoms with Crippen LogP contribution < -0.4 is 0 Å². The number of hydrogen-bond acceptors (Lipinski definition) is 1. The van der Waals surface area contributed by atoms with Crippen LogP contribution in [0.4, 0.5) is 0 Å². The first-order chi connectivity index (χ1) is 3.55. The van der Waals surface area contributed by atoms with Crippen LogP contribution in [0.5, 0.6) is 0 Å². The van der Waals surface area contributed by atoms with Gasteiger partial charge in [-0.3, -0.25) is 4.79 Å². The van der Waals surface area contributed by atoms with Gasteiger partial charge in [0.2, 0.25) is 5.24 Å². The van der Waals surface area contributed by atoms with E-state index in [1.807, 2.05) is 20.8 Å². The van der Waals surface area contributed by atoms with Crippen molar-refractivity contribution in [2.45, 2.75) is 20.8 Å². The topological polar surface area (TPSA) is 17.1 Å². The standard InChI is InChI=1S/C6H11ClO/c1-4(2)5(3)6(7)8/h4-5H,1-3H3/t5-/m1/s1. The highest BCUT2D eigenvalue weighted by atomic mass is 35.5. The van der Waals surface area contributed by atoms with Gasteiger partial charge < -0.3 is 0 Å². The van der Waals surface area contributed by atoms with Gasteiger partial charge in [-0.15, -0.1) is 0 Å². The second kappa shape index (κ2) is 3.08. The Morgan fingerprint density at radius 1 is 1.38 bits per heavy atom. The lowest BCUT2D eigenvalue weighted by atomic mass is 10.0. The Labute approximate surface area is 55.0 Å². The van der Waals surface area contributed by atoms with Crippen molar-refractivity contribution in [3.8, 4) is 0 Å². The van der Waals surface area contributed by atoms with Gasteiger partial charge in [0.1, 0.15) is 0 Å². The average Bonchev–Trinajstić information content (AvgIpc) is 1.64. The highest BCUT2D eigenvalue weighted by Crippen LogP contribution is 2.11. The molecule has 0 aliphatic heterocycles. The molecule has 0 spiro atoms. The lowest BCUT2D eigenvalue weighted by Gasteiger charge is -2.07. The Bertz CT molecular complexity index is 88.5. The summed E-state index contributed by atoms with van der Waals surface area (Å²) in [5.74, 6) is 0.358. The molecule has 0 N–H and O–H groups in total. The zero-order valence-electron chi connectivity index (χ0n) is 5.44. The van der Waals surface area contributed by atoms with E-state index in [0.29, 0.717) is 5.92 Å². The summed E-state index contributed by atoms with van der Waals surface area (Å²) in [5.41, 5.74) is 0. The van der Waals surface area contributed by atoms with Crippen molar-refractivity contribution < 1.29 is 4.79 Å². The lowest BCUT2D eigenvalue weighted by molar-refractivity contribution is -0.115. The molecule has 0 unspecified atom stereocenters. The second-order valence-electron chi connectivity index (χ2n) is 2.34. The lowest BCUT2D eigenvalue weighted by Crippen LogP contribution is -2.10. The summed E-state index contributed by atoms with van der Waals surface area (Å²) in [4.78, 5) is 10.4. The Hall–Kier alpha value is -0.0400. The van der Waals surface area contributed by atoms with Gasteiger partial charge in [0.15, 0.2) is 0 Å². The first-order valence-electron chi connectivity index (χ1n) is 2.75. The van der Waals surface area contributed by atoms with E-state index < -0.39 is 0 Å². The van der Waals surface area contributed by atoms with Crippen LogP contribution in [-0.4, -0.2) is 5.24 Å². The van der Waals surface area contributed by atoms with Gasteiger partial charge in [0.05, 0.1) is 0 Å². The smallest absolute Gasteiger partial charge is 0.224 e. The first-order valence-corrected chi connectivity index (χ1v) is 3.13. The van der Waals surface area contributed by atoms with Crippen LogP contribution >= 0.6 is 11.6 Å². The van der Waals surface area contributed by atoms with Crippen LogP contribution in [0.1, 0.15) is 20.8 Å². The maximum atomic E-state index is 10.4. The van der Waals surface area contributed by atoms with Gasteiger partial charge >= 0.3 is 0 Å². The molecule has 0 amide bonds. The second-order valence-corrected chi connectivity index (χ2v) is 2.71. The minimum absolute atomic E-state index is 0.00309. The molecular formula is C6H11ClO. The largest absolute Gasteiger partial charge is 0.281 e. The summed E-state index contributed by atoms with van der Waals surface area (Å²) in [6, 6.07) is 0. The maximum Gasteiger partial charge on any atom is 0.224 e. The summed E-state index contributed by atoms with van der Waals surface area (Å²) in [7, 11) is 0. The molecule has 2 heteroatoms. The third-order valence-electron chi connectivity index (χ3n) is 1.36. The van der Waals surface area contributed by atoms with Crippen LogP contribution in [0, 0.1) is 11.8 Å². The van der Waals surface area contributed by atoms with E-state index in [9.17, 15) is 4.79 Å². The van der Waals surface area contributed by atoms with Crippen molar-refractivity contribution in [1.29, 1.82) is 0 Å². The van der Waals surface area contributed by atoms with Gasteiger partial charge in [0.25, 0.3) is 0 Å². The Morgan fingerprint density at radius 2 is 1.75 bits per heavy atom. The first kappa shape index (κ1) is 7.96. The van der Waals surface area contributed by atoms with Gasteiger partial charge in [-0.25, -0.2) is 0 Å². The molecule has 0 aromatic heterocycles. The molecule has 48 valence electrons. The number of carbonyl (C=O) groups is 1.